The Balaban J connectivity index is 1.90. The molecule has 0 saturated carbocycles. The molecular formula is C17H20N4S. The topological polar surface area (TPSA) is 43.6 Å². The molecule has 0 unspecified atom stereocenters. The lowest BCUT2D eigenvalue weighted by Crippen LogP contribution is -2.08. The van der Waals surface area contributed by atoms with Crippen LogP contribution in [0.5, 0.6) is 0 Å². The molecule has 0 spiro atoms. The lowest BCUT2D eigenvalue weighted by Gasteiger charge is -2.15. The van der Waals surface area contributed by atoms with E-state index < -0.39 is 0 Å². The zero-order valence-corrected chi connectivity index (χ0v) is 13.9. The Morgan fingerprint density at radius 3 is 2.68 bits per heavy atom. The van der Waals surface area contributed by atoms with Crippen LogP contribution in [0.15, 0.2) is 43.1 Å². The summed E-state index contributed by atoms with van der Waals surface area (Å²) in [6, 6.07) is 6.48. The van der Waals surface area contributed by atoms with Crippen molar-refractivity contribution in [2.45, 2.75) is 33.2 Å². The third-order valence-electron chi connectivity index (χ3n) is 3.61. The minimum Gasteiger partial charge on any atom is -0.322 e. The van der Waals surface area contributed by atoms with Gasteiger partial charge in [0.15, 0.2) is 5.82 Å². The van der Waals surface area contributed by atoms with E-state index in [1.807, 2.05) is 29.8 Å². The monoisotopic (exact) mass is 312 g/mol. The SMILES string of the molecule is CC(C)Cc1ccc(-c2nccn2[C@@H](C)c2ccncn2)s1. The van der Waals surface area contributed by atoms with Gasteiger partial charge in [-0.3, -0.25) is 0 Å². The molecule has 1 atom stereocenters. The first-order chi connectivity index (χ1) is 10.6. The molecule has 0 aliphatic rings. The quantitative estimate of drug-likeness (QED) is 0.709. The first kappa shape index (κ1) is 14.9. The summed E-state index contributed by atoms with van der Waals surface area (Å²) in [5.41, 5.74) is 0.994. The Bertz CT molecular complexity index is 730. The van der Waals surface area contributed by atoms with E-state index in [0.29, 0.717) is 5.92 Å². The number of nitrogens with zero attached hydrogens (tertiary/aromatic N) is 4. The Morgan fingerprint density at radius 1 is 1.09 bits per heavy atom. The van der Waals surface area contributed by atoms with E-state index in [0.717, 1.165) is 17.9 Å². The number of rotatable bonds is 5. The molecule has 0 radical (unpaired) electrons. The molecule has 3 aromatic rings. The second-order valence-corrected chi connectivity index (χ2v) is 7.00. The number of hydrogen-bond donors (Lipinski definition) is 0. The van der Waals surface area contributed by atoms with Crippen molar-refractivity contribution in [1.29, 1.82) is 0 Å². The predicted molar refractivity (Wildman–Crippen MR) is 89.9 cm³/mol. The fourth-order valence-corrected chi connectivity index (χ4v) is 3.74. The van der Waals surface area contributed by atoms with Gasteiger partial charge in [0.25, 0.3) is 0 Å². The lowest BCUT2D eigenvalue weighted by atomic mass is 10.1. The van der Waals surface area contributed by atoms with Gasteiger partial charge in [-0.25, -0.2) is 15.0 Å². The molecular weight excluding hydrogens is 292 g/mol. The van der Waals surface area contributed by atoms with Gasteiger partial charge in [-0.2, -0.15) is 0 Å². The molecule has 0 aromatic carbocycles. The maximum absolute atomic E-state index is 4.56. The Morgan fingerprint density at radius 2 is 1.95 bits per heavy atom. The minimum atomic E-state index is 0.135. The van der Waals surface area contributed by atoms with Gasteiger partial charge in [0, 0.05) is 23.5 Å². The highest BCUT2D eigenvalue weighted by molar-refractivity contribution is 7.15. The van der Waals surface area contributed by atoms with Crippen LogP contribution in [0.2, 0.25) is 0 Å². The third-order valence-corrected chi connectivity index (χ3v) is 4.71. The van der Waals surface area contributed by atoms with E-state index in [9.17, 15) is 0 Å². The highest BCUT2D eigenvalue weighted by atomic mass is 32.1. The van der Waals surface area contributed by atoms with Crippen LogP contribution in [0, 0.1) is 5.92 Å². The molecule has 0 amide bonds. The molecule has 0 aliphatic heterocycles. The number of hydrogen-bond acceptors (Lipinski definition) is 4. The number of imidazole rings is 1. The summed E-state index contributed by atoms with van der Waals surface area (Å²) in [4.78, 5) is 15.5. The average Bonchev–Trinajstić information content (AvgIpc) is 3.15. The van der Waals surface area contributed by atoms with Crippen molar-refractivity contribution in [3.05, 3.63) is 53.7 Å². The highest BCUT2D eigenvalue weighted by Crippen LogP contribution is 2.31. The van der Waals surface area contributed by atoms with Gasteiger partial charge in [0.05, 0.1) is 16.6 Å². The van der Waals surface area contributed by atoms with Crippen molar-refractivity contribution in [3.8, 4) is 10.7 Å². The molecule has 114 valence electrons. The first-order valence-corrected chi connectivity index (χ1v) is 8.34. The second kappa shape index (κ2) is 6.40. The van der Waals surface area contributed by atoms with Crippen LogP contribution in [0.3, 0.4) is 0 Å². The van der Waals surface area contributed by atoms with E-state index in [-0.39, 0.29) is 6.04 Å². The van der Waals surface area contributed by atoms with Crippen LogP contribution in [-0.2, 0) is 6.42 Å². The minimum absolute atomic E-state index is 0.135. The van der Waals surface area contributed by atoms with Crippen LogP contribution >= 0.6 is 11.3 Å². The summed E-state index contributed by atoms with van der Waals surface area (Å²) in [5, 5.41) is 0. The molecule has 3 aromatic heterocycles. The zero-order valence-electron chi connectivity index (χ0n) is 13.1. The Labute approximate surface area is 134 Å². The van der Waals surface area contributed by atoms with Gasteiger partial charge in [-0.05, 0) is 37.5 Å². The van der Waals surface area contributed by atoms with Crippen LogP contribution in [0.25, 0.3) is 10.7 Å². The second-order valence-electron chi connectivity index (χ2n) is 5.83. The van der Waals surface area contributed by atoms with E-state index in [1.165, 1.54) is 9.75 Å². The molecule has 3 heterocycles. The van der Waals surface area contributed by atoms with Crippen molar-refractivity contribution in [2.75, 3.05) is 0 Å². The maximum Gasteiger partial charge on any atom is 0.150 e. The summed E-state index contributed by atoms with van der Waals surface area (Å²) in [6.07, 6.45) is 8.36. The first-order valence-electron chi connectivity index (χ1n) is 7.53. The zero-order chi connectivity index (χ0) is 15.5. The molecule has 0 saturated heterocycles. The van der Waals surface area contributed by atoms with Crippen molar-refractivity contribution in [1.82, 2.24) is 19.5 Å². The largest absolute Gasteiger partial charge is 0.322 e. The van der Waals surface area contributed by atoms with Crippen molar-refractivity contribution in [2.24, 2.45) is 5.92 Å². The van der Waals surface area contributed by atoms with E-state index in [4.69, 9.17) is 0 Å². The Hall–Kier alpha value is -2.01. The fraction of sp³-hybridized carbons (Fsp3) is 0.353. The fourth-order valence-electron chi connectivity index (χ4n) is 2.52. The highest BCUT2D eigenvalue weighted by Gasteiger charge is 2.16. The molecule has 5 heteroatoms. The molecule has 0 N–H and O–H groups in total. The molecule has 0 aliphatic carbocycles. The van der Waals surface area contributed by atoms with Crippen molar-refractivity contribution in [3.63, 3.8) is 0 Å². The van der Waals surface area contributed by atoms with Crippen molar-refractivity contribution >= 4 is 11.3 Å². The van der Waals surface area contributed by atoms with Crippen LogP contribution in [-0.4, -0.2) is 19.5 Å². The molecule has 0 fully saturated rings. The summed E-state index contributed by atoms with van der Waals surface area (Å²) in [5.74, 6) is 1.68. The normalized spacial score (nSPS) is 12.7. The summed E-state index contributed by atoms with van der Waals surface area (Å²) >= 11 is 1.83. The molecule has 0 bridgehead atoms. The van der Waals surface area contributed by atoms with E-state index >= 15 is 0 Å². The van der Waals surface area contributed by atoms with Crippen LogP contribution in [0.1, 0.15) is 37.4 Å². The van der Waals surface area contributed by atoms with E-state index in [2.05, 4.69) is 52.4 Å². The standard InChI is InChI=1S/C17H20N4S/c1-12(2)10-14-4-5-16(22-14)17-19-8-9-21(17)13(3)15-6-7-18-11-20-15/h4-9,11-13H,10H2,1-3H3/t13-/m0/s1. The lowest BCUT2D eigenvalue weighted by molar-refractivity contribution is 0.625. The van der Waals surface area contributed by atoms with Gasteiger partial charge in [-0.1, -0.05) is 13.8 Å². The molecule has 4 nitrogen and oxygen atoms in total. The average molecular weight is 312 g/mol. The van der Waals surface area contributed by atoms with Gasteiger partial charge in [-0.15, -0.1) is 11.3 Å². The van der Waals surface area contributed by atoms with Gasteiger partial charge >= 0.3 is 0 Å². The number of thiophene rings is 1. The predicted octanol–water partition coefficient (Wildman–Crippen LogP) is 4.21. The summed E-state index contributed by atoms with van der Waals surface area (Å²) in [7, 11) is 0. The smallest absolute Gasteiger partial charge is 0.150 e. The van der Waals surface area contributed by atoms with E-state index in [1.54, 1.807) is 12.5 Å². The summed E-state index contributed by atoms with van der Waals surface area (Å²) < 4.78 is 2.17. The van der Waals surface area contributed by atoms with Crippen LogP contribution in [0.4, 0.5) is 0 Å². The maximum atomic E-state index is 4.56. The van der Waals surface area contributed by atoms with Gasteiger partial charge in [0.2, 0.25) is 0 Å². The summed E-state index contributed by atoms with van der Waals surface area (Å²) in [6.45, 7) is 6.63. The Kier molecular flexibility index (Phi) is 4.34. The molecule has 3 rings (SSSR count). The van der Waals surface area contributed by atoms with Crippen LogP contribution < -0.4 is 0 Å². The number of aromatic nitrogens is 4. The third kappa shape index (κ3) is 3.09. The molecule has 22 heavy (non-hydrogen) atoms. The van der Waals surface area contributed by atoms with Gasteiger partial charge < -0.3 is 4.57 Å². The van der Waals surface area contributed by atoms with Crippen molar-refractivity contribution < 1.29 is 0 Å². The van der Waals surface area contributed by atoms with Gasteiger partial charge in [0.1, 0.15) is 6.33 Å².